The van der Waals surface area contributed by atoms with E-state index in [1.807, 2.05) is 60.7 Å². The first-order chi connectivity index (χ1) is 18.6. The molecule has 200 valence electrons. The van der Waals surface area contributed by atoms with Gasteiger partial charge in [0.05, 0.1) is 12.3 Å². The quantitative estimate of drug-likeness (QED) is 0.343. The van der Waals surface area contributed by atoms with Crippen molar-refractivity contribution in [1.82, 2.24) is 4.90 Å². The lowest BCUT2D eigenvalue weighted by atomic mass is 10.1. The summed E-state index contributed by atoms with van der Waals surface area (Å²) in [4.78, 5) is 18.3. The lowest BCUT2D eigenvalue weighted by molar-refractivity contribution is -0.118. The normalized spacial score (nSPS) is 16.0. The molecule has 3 aromatic carbocycles. The number of likely N-dealkylation sites (N-methyl/N-ethyl adjacent to an activating group) is 1. The van der Waals surface area contributed by atoms with E-state index in [0.717, 1.165) is 58.7 Å². The van der Waals surface area contributed by atoms with E-state index in [1.165, 1.54) is 0 Å². The van der Waals surface area contributed by atoms with Gasteiger partial charge in [0.15, 0.2) is 11.5 Å². The molecule has 0 aromatic heterocycles. The number of carbonyl (C=O) groups excluding carboxylic acids is 1. The lowest BCUT2D eigenvalue weighted by Crippen LogP contribution is -2.40. The van der Waals surface area contributed by atoms with Gasteiger partial charge >= 0.3 is 0 Å². The molecular weight excluding hydrogens is 502 g/mol. The molecule has 0 saturated heterocycles. The molecule has 0 bridgehead atoms. The second kappa shape index (κ2) is 12.4. The summed E-state index contributed by atoms with van der Waals surface area (Å²) in [5.74, 6) is 3.13. The molecule has 8 nitrogen and oxygen atoms in total. The summed E-state index contributed by atoms with van der Waals surface area (Å²) >= 11 is 1.59. The van der Waals surface area contributed by atoms with Crippen molar-refractivity contribution in [3.05, 3.63) is 72.3 Å². The predicted molar refractivity (Wildman–Crippen MR) is 149 cm³/mol. The van der Waals surface area contributed by atoms with Gasteiger partial charge in [0.1, 0.15) is 23.4 Å². The van der Waals surface area contributed by atoms with Crippen LogP contribution in [0, 0.1) is 0 Å². The SMILES string of the molecule is CN(CCCOc1ccc(C2Sc3ccccc3N(CCN)C2=O)cc1)CCOc1ccc2c(c1)OCO2. The highest BCUT2D eigenvalue weighted by molar-refractivity contribution is 8.00. The minimum absolute atomic E-state index is 0.0679. The number of hydrogen-bond acceptors (Lipinski definition) is 8. The summed E-state index contributed by atoms with van der Waals surface area (Å²) in [6, 6.07) is 21.5. The second-order valence-electron chi connectivity index (χ2n) is 9.18. The number of benzene rings is 3. The zero-order chi connectivity index (χ0) is 26.3. The number of ether oxygens (including phenoxy) is 4. The molecule has 1 amide bonds. The highest BCUT2D eigenvalue weighted by Gasteiger charge is 2.34. The maximum Gasteiger partial charge on any atom is 0.245 e. The van der Waals surface area contributed by atoms with Crippen LogP contribution >= 0.6 is 11.8 Å². The van der Waals surface area contributed by atoms with Crippen LogP contribution in [0.4, 0.5) is 5.69 Å². The van der Waals surface area contributed by atoms with Gasteiger partial charge in [0, 0.05) is 37.1 Å². The minimum atomic E-state index is -0.293. The number of hydrogen-bond donors (Lipinski definition) is 1. The van der Waals surface area contributed by atoms with Gasteiger partial charge in [-0.25, -0.2) is 0 Å². The van der Waals surface area contributed by atoms with E-state index < -0.39 is 0 Å². The number of carbonyl (C=O) groups is 1. The van der Waals surface area contributed by atoms with E-state index in [4.69, 9.17) is 24.7 Å². The van der Waals surface area contributed by atoms with Crippen molar-refractivity contribution in [2.75, 3.05) is 58.1 Å². The molecule has 5 rings (SSSR count). The Morgan fingerprint density at radius 3 is 2.58 bits per heavy atom. The summed E-state index contributed by atoms with van der Waals surface area (Å²) in [7, 11) is 2.07. The van der Waals surface area contributed by atoms with Gasteiger partial charge in [-0.05, 0) is 55.4 Å². The van der Waals surface area contributed by atoms with Crippen LogP contribution in [0.1, 0.15) is 17.2 Å². The molecular formula is C29H33N3O5S. The molecule has 2 N–H and O–H groups in total. The molecule has 0 radical (unpaired) electrons. The molecule has 1 unspecified atom stereocenters. The monoisotopic (exact) mass is 535 g/mol. The van der Waals surface area contributed by atoms with E-state index in [-0.39, 0.29) is 18.0 Å². The van der Waals surface area contributed by atoms with E-state index in [0.29, 0.717) is 26.3 Å². The summed E-state index contributed by atoms with van der Waals surface area (Å²) < 4.78 is 22.5. The molecule has 2 aliphatic rings. The zero-order valence-electron chi connectivity index (χ0n) is 21.5. The molecule has 1 atom stereocenters. The van der Waals surface area contributed by atoms with E-state index in [2.05, 4.69) is 18.0 Å². The molecule has 0 spiro atoms. The van der Waals surface area contributed by atoms with Crippen molar-refractivity contribution in [2.45, 2.75) is 16.6 Å². The molecule has 0 saturated carbocycles. The third-order valence-electron chi connectivity index (χ3n) is 6.47. The van der Waals surface area contributed by atoms with Gasteiger partial charge in [0.25, 0.3) is 0 Å². The van der Waals surface area contributed by atoms with Crippen molar-refractivity contribution in [2.24, 2.45) is 5.73 Å². The van der Waals surface area contributed by atoms with Crippen LogP contribution in [0.15, 0.2) is 71.6 Å². The Labute approximate surface area is 227 Å². The van der Waals surface area contributed by atoms with Crippen molar-refractivity contribution < 1.29 is 23.7 Å². The van der Waals surface area contributed by atoms with Gasteiger partial charge in [-0.15, -0.1) is 11.8 Å². The molecule has 0 aliphatic carbocycles. The van der Waals surface area contributed by atoms with Gasteiger partial charge in [-0.3, -0.25) is 4.79 Å². The van der Waals surface area contributed by atoms with E-state index in [1.54, 1.807) is 16.7 Å². The Morgan fingerprint density at radius 1 is 0.974 bits per heavy atom. The van der Waals surface area contributed by atoms with Gasteiger partial charge in [-0.1, -0.05) is 24.3 Å². The van der Waals surface area contributed by atoms with Crippen molar-refractivity contribution >= 4 is 23.4 Å². The van der Waals surface area contributed by atoms with Crippen molar-refractivity contribution in [3.8, 4) is 23.0 Å². The zero-order valence-corrected chi connectivity index (χ0v) is 22.3. The summed E-state index contributed by atoms with van der Waals surface area (Å²) in [5.41, 5.74) is 7.69. The molecule has 0 fully saturated rings. The highest BCUT2D eigenvalue weighted by atomic mass is 32.2. The van der Waals surface area contributed by atoms with Crippen molar-refractivity contribution in [3.63, 3.8) is 0 Å². The number of thioether (sulfide) groups is 1. The predicted octanol–water partition coefficient (Wildman–Crippen LogP) is 4.33. The number of rotatable bonds is 12. The van der Waals surface area contributed by atoms with Crippen LogP contribution < -0.4 is 29.6 Å². The second-order valence-corrected chi connectivity index (χ2v) is 10.3. The summed E-state index contributed by atoms with van der Waals surface area (Å²) in [6.07, 6.45) is 0.893. The molecule has 38 heavy (non-hydrogen) atoms. The number of amides is 1. The van der Waals surface area contributed by atoms with Gasteiger partial charge < -0.3 is 34.5 Å². The molecule has 2 heterocycles. The fraction of sp³-hybridized carbons (Fsp3) is 0.345. The highest BCUT2D eigenvalue weighted by Crippen LogP contribution is 2.46. The first-order valence-electron chi connectivity index (χ1n) is 12.8. The standard InChI is InChI=1S/C29H33N3O5S/c1-31(16-18-35-23-11-12-25-26(19-23)37-20-36-25)14-4-17-34-22-9-7-21(8-10-22)28-29(33)32(15-13-30)24-5-2-3-6-27(24)38-28/h2-3,5-12,19,28H,4,13-18,20,30H2,1H3. The first kappa shape index (κ1) is 26.2. The Balaban J connectivity index is 1.05. The van der Waals surface area contributed by atoms with Crippen LogP contribution in [0.25, 0.3) is 0 Å². The van der Waals surface area contributed by atoms with Crippen LogP contribution in [0.2, 0.25) is 0 Å². The Morgan fingerprint density at radius 2 is 1.74 bits per heavy atom. The Hall–Kier alpha value is -3.40. The number of nitrogens with two attached hydrogens (primary N) is 1. The Bertz CT molecular complexity index is 1240. The largest absolute Gasteiger partial charge is 0.494 e. The van der Waals surface area contributed by atoms with E-state index in [9.17, 15) is 4.79 Å². The summed E-state index contributed by atoms with van der Waals surface area (Å²) in [5, 5.41) is -0.293. The fourth-order valence-electron chi connectivity index (χ4n) is 4.45. The maximum atomic E-state index is 13.2. The third kappa shape index (κ3) is 6.18. The number of anilines is 1. The molecule has 2 aliphatic heterocycles. The fourth-order valence-corrected chi connectivity index (χ4v) is 5.68. The van der Waals surface area contributed by atoms with Crippen molar-refractivity contribution in [1.29, 1.82) is 0 Å². The lowest BCUT2D eigenvalue weighted by Gasteiger charge is -2.33. The number of para-hydroxylation sites is 1. The number of nitrogens with zero attached hydrogens (tertiary/aromatic N) is 2. The smallest absolute Gasteiger partial charge is 0.245 e. The van der Waals surface area contributed by atoms with Crippen LogP contribution in [-0.2, 0) is 4.79 Å². The first-order valence-corrected chi connectivity index (χ1v) is 13.7. The average molecular weight is 536 g/mol. The number of fused-ring (bicyclic) bond motifs is 2. The third-order valence-corrected chi connectivity index (χ3v) is 7.77. The van der Waals surface area contributed by atoms with Crippen LogP contribution in [0.3, 0.4) is 0 Å². The van der Waals surface area contributed by atoms with Gasteiger partial charge in [-0.2, -0.15) is 0 Å². The topological polar surface area (TPSA) is 86.5 Å². The summed E-state index contributed by atoms with van der Waals surface area (Å²) in [6.45, 7) is 4.09. The van der Waals surface area contributed by atoms with E-state index >= 15 is 0 Å². The minimum Gasteiger partial charge on any atom is -0.494 e. The van der Waals surface area contributed by atoms with Gasteiger partial charge in [0.2, 0.25) is 12.7 Å². The maximum absolute atomic E-state index is 13.2. The average Bonchev–Trinajstić information content (AvgIpc) is 3.41. The molecule has 3 aromatic rings. The Kier molecular flexibility index (Phi) is 8.58. The van der Waals surface area contributed by atoms with Crippen LogP contribution in [0.5, 0.6) is 23.0 Å². The molecule has 9 heteroatoms. The van der Waals surface area contributed by atoms with Crippen LogP contribution in [-0.4, -0.2) is 64.0 Å².